The van der Waals surface area contributed by atoms with Crippen LogP contribution in [0.15, 0.2) is 18.2 Å². The van der Waals surface area contributed by atoms with Crippen LogP contribution in [0.2, 0.25) is 0 Å². The number of nitrogens with two attached hydrogens (primary N) is 1. The maximum Gasteiger partial charge on any atom is 0.137 e. The molecular weight excluding hydrogens is 179 g/mol. The van der Waals surface area contributed by atoms with Gasteiger partial charge in [-0.25, -0.2) is 4.39 Å². The molecule has 0 aromatic heterocycles. The highest BCUT2D eigenvalue weighted by Crippen LogP contribution is 2.26. The molecule has 0 bridgehead atoms. The van der Waals surface area contributed by atoms with E-state index in [-0.39, 0.29) is 22.6 Å². The van der Waals surface area contributed by atoms with Crippen LogP contribution in [-0.2, 0) is 5.41 Å². The van der Waals surface area contributed by atoms with E-state index >= 15 is 0 Å². The van der Waals surface area contributed by atoms with E-state index in [0.29, 0.717) is 5.56 Å². The van der Waals surface area contributed by atoms with Gasteiger partial charge in [0.15, 0.2) is 0 Å². The first-order valence-electron chi connectivity index (χ1n) is 4.47. The summed E-state index contributed by atoms with van der Waals surface area (Å²) in [5, 5.41) is 7.22. The lowest BCUT2D eigenvalue weighted by Gasteiger charge is -2.20. The molecule has 3 N–H and O–H groups in total. The lowest BCUT2D eigenvalue weighted by Crippen LogP contribution is -2.19. The first kappa shape index (κ1) is 10.7. The van der Waals surface area contributed by atoms with E-state index in [0.717, 1.165) is 0 Å². The van der Waals surface area contributed by atoms with Crippen molar-refractivity contribution in [2.24, 2.45) is 5.73 Å². The lowest BCUT2D eigenvalue weighted by atomic mass is 9.85. The van der Waals surface area contributed by atoms with Gasteiger partial charge in [0.05, 0.1) is 5.56 Å². The van der Waals surface area contributed by atoms with Crippen molar-refractivity contribution in [1.29, 1.82) is 5.41 Å². The first-order chi connectivity index (χ1) is 6.34. The van der Waals surface area contributed by atoms with E-state index < -0.39 is 0 Å². The van der Waals surface area contributed by atoms with Crippen molar-refractivity contribution < 1.29 is 4.39 Å². The van der Waals surface area contributed by atoms with E-state index in [2.05, 4.69) is 0 Å². The number of rotatable bonds is 1. The summed E-state index contributed by atoms with van der Waals surface area (Å²) in [6, 6.07) is 4.97. The highest BCUT2D eigenvalue weighted by molar-refractivity contribution is 5.95. The molecule has 0 aliphatic heterocycles. The van der Waals surface area contributed by atoms with Crippen LogP contribution in [0.25, 0.3) is 0 Å². The van der Waals surface area contributed by atoms with Gasteiger partial charge < -0.3 is 5.73 Å². The number of amidine groups is 1. The highest BCUT2D eigenvalue weighted by atomic mass is 19.1. The highest BCUT2D eigenvalue weighted by Gasteiger charge is 2.20. The molecule has 0 amide bonds. The molecular formula is C11H15FN2. The Morgan fingerprint density at radius 1 is 1.36 bits per heavy atom. The van der Waals surface area contributed by atoms with Gasteiger partial charge in [0.2, 0.25) is 0 Å². The predicted molar refractivity (Wildman–Crippen MR) is 56.1 cm³/mol. The van der Waals surface area contributed by atoms with Gasteiger partial charge in [0.25, 0.3) is 0 Å². The van der Waals surface area contributed by atoms with Crippen molar-refractivity contribution in [3.63, 3.8) is 0 Å². The molecule has 76 valence electrons. The topological polar surface area (TPSA) is 49.9 Å². The fraction of sp³-hybridized carbons (Fsp3) is 0.364. The molecule has 0 fully saturated rings. The summed E-state index contributed by atoms with van der Waals surface area (Å²) >= 11 is 0. The largest absolute Gasteiger partial charge is 0.384 e. The second-order valence-electron chi connectivity index (χ2n) is 4.33. The average molecular weight is 194 g/mol. The summed E-state index contributed by atoms with van der Waals surface area (Å²) in [5.74, 6) is -0.610. The SMILES string of the molecule is CC(C)(C)c1cccc(C(=N)N)c1F. The van der Waals surface area contributed by atoms with Gasteiger partial charge >= 0.3 is 0 Å². The van der Waals surface area contributed by atoms with E-state index in [1.807, 2.05) is 20.8 Å². The van der Waals surface area contributed by atoms with Gasteiger partial charge in [0, 0.05) is 0 Å². The zero-order chi connectivity index (χ0) is 10.9. The Labute approximate surface area is 83.4 Å². The van der Waals surface area contributed by atoms with E-state index in [1.165, 1.54) is 6.07 Å². The van der Waals surface area contributed by atoms with Crippen molar-refractivity contribution in [1.82, 2.24) is 0 Å². The van der Waals surface area contributed by atoms with Crippen LogP contribution >= 0.6 is 0 Å². The van der Waals surface area contributed by atoms with E-state index in [1.54, 1.807) is 12.1 Å². The van der Waals surface area contributed by atoms with Crippen molar-refractivity contribution in [2.45, 2.75) is 26.2 Å². The molecule has 0 spiro atoms. The second kappa shape index (κ2) is 3.40. The summed E-state index contributed by atoms with van der Waals surface area (Å²) in [6.45, 7) is 5.78. The second-order valence-corrected chi connectivity index (χ2v) is 4.33. The van der Waals surface area contributed by atoms with Gasteiger partial charge in [-0.05, 0) is 17.0 Å². The predicted octanol–water partition coefficient (Wildman–Crippen LogP) is 2.41. The van der Waals surface area contributed by atoms with Crippen molar-refractivity contribution in [2.75, 3.05) is 0 Å². The summed E-state index contributed by atoms with van der Waals surface area (Å²) in [4.78, 5) is 0. The first-order valence-corrected chi connectivity index (χ1v) is 4.47. The quantitative estimate of drug-likeness (QED) is 0.523. The fourth-order valence-corrected chi connectivity index (χ4v) is 1.32. The van der Waals surface area contributed by atoms with Crippen molar-refractivity contribution >= 4 is 5.84 Å². The third-order valence-corrected chi connectivity index (χ3v) is 2.10. The Morgan fingerprint density at radius 2 is 1.93 bits per heavy atom. The summed E-state index contributed by atoms with van der Waals surface area (Å²) in [7, 11) is 0. The Hall–Kier alpha value is -1.38. The number of nitrogens with one attached hydrogen (secondary N) is 1. The van der Waals surface area contributed by atoms with E-state index in [4.69, 9.17) is 11.1 Å². The maximum absolute atomic E-state index is 13.8. The number of halogens is 1. The van der Waals surface area contributed by atoms with Gasteiger partial charge in [-0.2, -0.15) is 0 Å². The number of hydrogen-bond donors (Lipinski definition) is 2. The Kier molecular flexibility index (Phi) is 2.60. The van der Waals surface area contributed by atoms with Crippen LogP contribution in [0.5, 0.6) is 0 Å². The van der Waals surface area contributed by atoms with Crippen molar-refractivity contribution in [3.8, 4) is 0 Å². The van der Waals surface area contributed by atoms with Crippen molar-refractivity contribution in [3.05, 3.63) is 35.1 Å². The van der Waals surface area contributed by atoms with Crippen LogP contribution in [0.3, 0.4) is 0 Å². The molecule has 0 saturated heterocycles. The van der Waals surface area contributed by atoms with E-state index in [9.17, 15) is 4.39 Å². The Balaban J connectivity index is 3.35. The average Bonchev–Trinajstić information content (AvgIpc) is 2.01. The molecule has 2 nitrogen and oxygen atoms in total. The molecule has 0 atom stereocenters. The van der Waals surface area contributed by atoms with Crippen LogP contribution in [0.1, 0.15) is 31.9 Å². The van der Waals surface area contributed by atoms with Crippen LogP contribution < -0.4 is 5.73 Å². The molecule has 0 heterocycles. The Morgan fingerprint density at radius 3 is 2.36 bits per heavy atom. The molecule has 0 aliphatic carbocycles. The minimum atomic E-state index is -0.382. The molecule has 1 aromatic carbocycles. The number of hydrogen-bond acceptors (Lipinski definition) is 1. The molecule has 1 rings (SSSR count). The summed E-state index contributed by atoms with van der Waals surface area (Å²) < 4.78 is 13.8. The van der Waals surface area contributed by atoms with Gasteiger partial charge in [-0.1, -0.05) is 32.9 Å². The lowest BCUT2D eigenvalue weighted by molar-refractivity contribution is 0.521. The molecule has 3 heteroatoms. The Bertz CT molecular complexity index is 364. The molecule has 0 radical (unpaired) electrons. The minimum Gasteiger partial charge on any atom is -0.384 e. The number of benzene rings is 1. The van der Waals surface area contributed by atoms with Crippen LogP contribution in [-0.4, -0.2) is 5.84 Å². The minimum absolute atomic E-state index is 0.178. The zero-order valence-corrected chi connectivity index (χ0v) is 8.69. The third-order valence-electron chi connectivity index (χ3n) is 2.10. The zero-order valence-electron chi connectivity index (χ0n) is 8.69. The standard InChI is InChI=1S/C11H15FN2/c1-11(2,3)8-6-4-5-7(9(8)12)10(13)14/h4-6H,1-3H3,(H3,13,14). The smallest absolute Gasteiger partial charge is 0.137 e. The molecule has 0 aliphatic rings. The normalized spacial score (nSPS) is 11.4. The van der Waals surface area contributed by atoms with Gasteiger partial charge in [0.1, 0.15) is 11.7 Å². The molecule has 0 saturated carbocycles. The fourth-order valence-electron chi connectivity index (χ4n) is 1.32. The third kappa shape index (κ3) is 1.92. The summed E-state index contributed by atoms with van der Waals surface area (Å²) in [6.07, 6.45) is 0. The molecule has 0 unspecified atom stereocenters. The summed E-state index contributed by atoms with van der Waals surface area (Å²) in [5.41, 5.74) is 5.77. The van der Waals surface area contributed by atoms with Crippen LogP contribution in [0, 0.1) is 11.2 Å². The monoisotopic (exact) mass is 194 g/mol. The van der Waals surface area contributed by atoms with Gasteiger partial charge in [-0.15, -0.1) is 0 Å². The molecule has 14 heavy (non-hydrogen) atoms. The van der Waals surface area contributed by atoms with Crippen LogP contribution in [0.4, 0.5) is 4.39 Å². The van der Waals surface area contributed by atoms with Gasteiger partial charge in [-0.3, -0.25) is 5.41 Å². The maximum atomic E-state index is 13.8. The molecule has 1 aromatic rings. The number of nitrogen functional groups attached to an aromatic ring is 1.